The molecule has 6 nitrogen and oxygen atoms in total. The summed E-state index contributed by atoms with van der Waals surface area (Å²) in [7, 11) is -6.88. The molecule has 2 rings (SSSR count). The molecule has 1 aliphatic heterocycles. The van der Waals surface area contributed by atoms with Crippen LogP contribution in [0.5, 0.6) is 0 Å². The molecule has 116 valence electrons. The molecule has 0 aliphatic carbocycles. The number of rotatable bonds is 3. The van der Waals surface area contributed by atoms with Crippen molar-refractivity contribution in [1.82, 2.24) is 4.31 Å². The van der Waals surface area contributed by atoms with Crippen molar-refractivity contribution in [2.24, 2.45) is 5.73 Å². The predicted molar refractivity (Wildman–Crippen MR) is 84.3 cm³/mol. The lowest BCUT2D eigenvalue weighted by Crippen LogP contribution is -2.49. The molecule has 1 atom stereocenters. The molecule has 21 heavy (non-hydrogen) atoms. The molecular formula is C12H16N2O4S3. The molecule has 0 aromatic heterocycles. The minimum absolute atomic E-state index is 0.0249. The van der Waals surface area contributed by atoms with E-state index in [1.807, 2.05) is 0 Å². The van der Waals surface area contributed by atoms with Gasteiger partial charge in [0, 0.05) is 18.2 Å². The maximum atomic E-state index is 12.6. The number of hydrogen-bond donors (Lipinski definition) is 1. The van der Waals surface area contributed by atoms with Gasteiger partial charge in [0.05, 0.1) is 16.4 Å². The molecule has 0 amide bonds. The fraction of sp³-hybridized carbons (Fsp3) is 0.417. The van der Waals surface area contributed by atoms with Crippen molar-refractivity contribution in [3.8, 4) is 0 Å². The van der Waals surface area contributed by atoms with Crippen LogP contribution in [-0.2, 0) is 19.9 Å². The highest BCUT2D eigenvalue weighted by molar-refractivity contribution is 7.92. The lowest BCUT2D eigenvalue weighted by Gasteiger charge is -2.32. The van der Waals surface area contributed by atoms with Gasteiger partial charge in [-0.15, -0.1) is 0 Å². The lowest BCUT2D eigenvalue weighted by atomic mass is 10.2. The van der Waals surface area contributed by atoms with Crippen LogP contribution in [-0.4, -0.2) is 50.2 Å². The molecule has 1 aromatic carbocycles. The second kappa shape index (κ2) is 5.64. The first-order valence-electron chi connectivity index (χ1n) is 6.25. The van der Waals surface area contributed by atoms with Crippen LogP contribution in [0.2, 0.25) is 0 Å². The molecule has 1 saturated heterocycles. The predicted octanol–water partition coefficient (Wildman–Crippen LogP) is 0.128. The van der Waals surface area contributed by atoms with E-state index in [1.54, 1.807) is 19.1 Å². The zero-order chi connectivity index (χ0) is 15.8. The van der Waals surface area contributed by atoms with Crippen molar-refractivity contribution in [2.45, 2.75) is 17.9 Å². The topological polar surface area (TPSA) is 97.5 Å². The van der Waals surface area contributed by atoms with E-state index in [2.05, 4.69) is 0 Å². The summed E-state index contributed by atoms with van der Waals surface area (Å²) in [5, 5.41) is 0. The molecule has 1 heterocycles. The smallest absolute Gasteiger partial charge is 0.243 e. The second-order valence-corrected chi connectivity index (χ2v) is 9.53. The summed E-state index contributed by atoms with van der Waals surface area (Å²) < 4.78 is 49.4. The summed E-state index contributed by atoms with van der Waals surface area (Å²) in [6.07, 6.45) is 0. The summed E-state index contributed by atoms with van der Waals surface area (Å²) in [6.45, 7) is 1.57. The first-order chi connectivity index (χ1) is 9.63. The molecule has 0 saturated carbocycles. The number of sulfone groups is 1. The Morgan fingerprint density at radius 3 is 2.38 bits per heavy atom. The van der Waals surface area contributed by atoms with Crippen LogP contribution in [0.3, 0.4) is 0 Å². The number of hydrogen-bond acceptors (Lipinski definition) is 5. The summed E-state index contributed by atoms with van der Waals surface area (Å²) in [5.74, 6) is -0.307. The second-order valence-electron chi connectivity index (χ2n) is 4.97. The van der Waals surface area contributed by atoms with Crippen molar-refractivity contribution < 1.29 is 16.8 Å². The number of nitrogens with zero attached hydrogens (tertiary/aromatic N) is 1. The molecule has 2 N–H and O–H groups in total. The van der Waals surface area contributed by atoms with Gasteiger partial charge in [-0.05, 0) is 19.1 Å². The van der Waals surface area contributed by atoms with Crippen LogP contribution in [0, 0.1) is 0 Å². The van der Waals surface area contributed by atoms with Crippen LogP contribution in [0.4, 0.5) is 0 Å². The van der Waals surface area contributed by atoms with Gasteiger partial charge in [-0.25, -0.2) is 16.8 Å². The zero-order valence-electron chi connectivity index (χ0n) is 11.4. The van der Waals surface area contributed by atoms with Crippen LogP contribution >= 0.6 is 12.2 Å². The summed E-state index contributed by atoms with van der Waals surface area (Å²) in [5.41, 5.74) is 6.05. The van der Waals surface area contributed by atoms with Crippen molar-refractivity contribution in [2.75, 3.05) is 18.1 Å². The van der Waals surface area contributed by atoms with Gasteiger partial charge in [0.1, 0.15) is 4.99 Å². The lowest BCUT2D eigenvalue weighted by molar-refractivity contribution is 0.357. The van der Waals surface area contributed by atoms with Crippen molar-refractivity contribution in [1.29, 1.82) is 0 Å². The third kappa shape index (κ3) is 3.42. The van der Waals surface area contributed by atoms with E-state index in [0.29, 0.717) is 5.56 Å². The van der Waals surface area contributed by atoms with E-state index < -0.39 is 25.9 Å². The molecule has 9 heteroatoms. The van der Waals surface area contributed by atoms with E-state index in [9.17, 15) is 16.8 Å². The highest BCUT2D eigenvalue weighted by atomic mass is 32.2. The SMILES string of the molecule is CC1CS(=O)(=O)CCN1S(=O)(=O)c1ccc(C(N)=S)cc1. The summed E-state index contributed by atoms with van der Waals surface area (Å²) in [4.78, 5) is 0.296. The standard InChI is InChI=1S/C12H16N2O4S3/c1-9-8-20(15,16)7-6-14(9)21(17,18)11-4-2-10(3-5-11)12(13)19/h2-5,9H,6-8H2,1H3,(H2,13,19). The average Bonchev–Trinajstić information content (AvgIpc) is 2.37. The Morgan fingerprint density at radius 1 is 1.33 bits per heavy atom. The van der Waals surface area contributed by atoms with Gasteiger partial charge >= 0.3 is 0 Å². The van der Waals surface area contributed by atoms with Crippen LogP contribution in [0.1, 0.15) is 12.5 Å². The van der Waals surface area contributed by atoms with Gasteiger partial charge in [0.15, 0.2) is 9.84 Å². The van der Waals surface area contributed by atoms with Gasteiger partial charge in [-0.1, -0.05) is 24.4 Å². The van der Waals surface area contributed by atoms with E-state index in [1.165, 1.54) is 16.4 Å². The molecular weight excluding hydrogens is 332 g/mol. The maximum absolute atomic E-state index is 12.6. The molecule has 1 aliphatic rings. The summed E-state index contributed by atoms with van der Waals surface area (Å²) >= 11 is 4.82. The largest absolute Gasteiger partial charge is 0.389 e. The highest BCUT2D eigenvalue weighted by Gasteiger charge is 2.36. The van der Waals surface area contributed by atoms with Crippen LogP contribution in [0.25, 0.3) is 0 Å². The van der Waals surface area contributed by atoms with Crippen molar-refractivity contribution >= 4 is 37.1 Å². The van der Waals surface area contributed by atoms with Crippen molar-refractivity contribution in [3.63, 3.8) is 0 Å². The number of benzene rings is 1. The van der Waals surface area contributed by atoms with E-state index in [4.69, 9.17) is 18.0 Å². The third-order valence-corrected chi connectivity index (χ3v) is 7.41. The van der Waals surface area contributed by atoms with E-state index >= 15 is 0 Å². The Morgan fingerprint density at radius 2 is 1.90 bits per heavy atom. The van der Waals surface area contributed by atoms with Gasteiger partial charge in [-0.3, -0.25) is 0 Å². The Labute approximate surface area is 129 Å². The Balaban J connectivity index is 2.32. The fourth-order valence-corrected chi connectivity index (χ4v) is 5.80. The Kier molecular flexibility index (Phi) is 4.39. The van der Waals surface area contributed by atoms with Crippen LogP contribution < -0.4 is 5.73 Å². The molecule has 0 bridgehead atoms. The number of thiocarbonyl (C=S) groups is 1. The zero-order valence-corrected chi connectivity index (χ0v) is 13.8. The quantitative estimate of drug-likeness (QED) is 0.780. The van der Waals surface area contributed by atoms with Gasteiger partial charge in [0.25, 0.3) is 0 Å². The van der Waals surface area contributed by atoms with Gasteiger partial charge < -0.3 is 5.73 Å². The average molecular weight is 348 g/mol. The first-order valence-corrected chi connectivity index (χ1v) is 9.92. The van der Waals surface area contributed by atoms with Crippen LogP contribution in [0.15, 0.2) is 29.2 Å². The first kappa shape index (κ1) is 16.3. The Bertz CT molecular complexity index is 754. The number of sulfonamides is 1. The van der Waals surface area contributed by atoms with Gasteiger partial charge in [-0.2, -0.15) is 4.31 Å². The minimum Gasteiger partial charge on any atom is -0.389 e. The number of nitrogens with two attached hydrogens (primary N) is 1. The monoisotopic (exact) mass is 348 g/mol. The molecule has 1 fully saturated rings. The fourth-order valence-electron chi connectivity index (χ4n) is 2.27. The van der Waals surface area contributed by atoms with Crippen molar-refractivity contribution in [3.05, 3.63) is 29.8 Å². The summed E-state index contributed by atoms with van der Waals surface area (Å²) in [6, 6.07) is 5.37. The van der Waals surface area contributed by atoms with E-state index in [-0.39, 0.29) is 27.9 Å². The minimum atomic E-state index is -3.72. The Hall–Kier alpha value is -1.03. The molecule has 1 aromatic rings. The van der Waals surface area contributed by atoms with Gasteiger partial charge in [0.2, 0.25) is 10.0 Å². The third-order valence-electron chi connectivity index (χ3n) is 3.35. The molecule has 0 radical (unpaired) electrons. The maximum Gasteiger partial charge on any atom is 0.243 e. The normalized spacial score (nSPS) is 22.8. The molecule has 0 spiro atoms. The molecule has 1 unspecified atom stereocenters. The highest BCUT2D eigenvalue weighted by Crippen LogP contribution is 2.22. The van der Waals surface area contributed by atoms with E-state index in [0.717, 1.165) is 0 Å².